The van der Waals surface area contributed by atoms with Crippen molar-refractivity contribution in [2.75, 3.05) is 0 Å². The van der Waals surface area contributed by atoms with Crippen molar-refractivity contribution in [1.29, 1.82) is 5.26 Å². The van der Waals surface area contributed by atoms with Crippen LogP contribution >= 0.6 is 0 Å². The summed E-state index contributed by atoms with van der Waals surface area (Å²) in [6.45, 7) is 3.30. The molecule has 74 valence electrons. The molecule has 0 aliphatic carbocycles. The van der Waals surface area contributed by atoms with Crippen LogP contribution in [0.1, 0.15) is 19.4 Å². The maximum Gasteiger partial charge on any atom is 0.192 e. The molecule has 0 heterocycles. The van der Waals surface area contributed by atoms with Crippen LogP contribution in [-0.2, 0) is 0 Å². The number of hydrogen-bond donors (Lipinski definition) is 0. The molecule has 0 saturated carbocycles. The van der Waals surface area contributed by atoms with Gasteiger partial charge in [-0.3, -0.25) is 0 Å². The summed E-state index contributed by atoms with van der Waals surface area (Å²) in [5, 5.41) is 8.50. The van der Waals surface area contributed by atoms with E-state index in [0.29, 0.717) is 0 Å². The molecular weight excluding hydrogens is 188 g/mol. The van der Waals surface area contributed by atoms with E-state index >= 15 is 0 Å². The van der Waals surface area contributed by atoms with E-state index in [1.165, 1.54) is 0 Å². The summed E-state index contributed by atoms with van der Waals surface area (Å²) in [6, 6.07) is 3.71. The van der Waals surface area contributed by atoms with Crippen LogP contribution in [0.2, 0.25) is 0 Å². The van der Waals surface area contributed by atoms with Gasteiger partial charge in [0.1, 0.15) is 6.07 Å². The predicted molar refractivity (Wildman–Crippen MR) is 46.8 cm³/mol. The quantitative estimate of drug-likeness (QED) is 0.730. The highest BCUT2D eigenvalue weighted by Gasteiger charge is 2.15. The second-order valence-corrected chi connectivity index (χ2v) is 3.02. The van der Waals surface area contributed by atoms with Crippen molar-refractivity contribution in [1.82, 2.24) is 0 Å². The van der Waals surface area contributed by atoms with Gasteiger partial charge in [0.15, 0.2) is 17.4 Å². The first-order valence-electron chi connectivity index (χ1n) is 4.11. The Morgan fingerprint density at radius 1 is 1.36 bits per heavy atom. The number of nitrogens with zero attached hydrogens (tertiary/aromatic N) is 1. The molecule has 2 nitrogen and oxygen atoms in total. The summed E-state index contributed by atoms with van der Waals surface area (Å²) in [4.78, 5) is 0. The molecule has 0 N–H and O–H groups in total. The molecule has 0 atom stereocenters. The van der Waals surface area contributed by atoms with Gasteiger partial charge in [-0.25, -0.2) is 8.78 Å². The number of ether oxygens (including phenoxy) is 1. The first kappa shape index (κ1) is 10.5. The topological polar surface area (TPSA) is 33.0 Å². The molecule has 1 aromatic rings. The van der Waals surface area contributed by atoms with Crippen LogP contribution in [0, 0.1) is 23.0 Å². The molecule has 1 rings (SSSR count). The predicted octanol–water partition coefficient (Wildman–Crippen LogP) is 2.62. The van der Waals surface area contributed by atoms with E-state index in [9.17, 15) is 8.78 Å². The molecule has 0 spiro atoms. The van der Waals surface area contributed by atoms with Gasteiger partial charge in [0.05, 0.1) is 11.7 Å². The van der Waals surface area contributed by atoms with E-state index < -0.39 is 17.4 Å². The Morgan fingerprint density at radius 2 is 2.00 bits per heavy atom. The van der Waals surface area contributed by atoms with Crippen molar-refractivity contribution in [3.05, 3.63) is 29.3 Å². The largest absolute Gasteiger partial charge is 0.485 e. The third kappa shape index (κ3) is 1.99. The number of hydrogen-bond acceptors (Lipinski definition) is 2. The molecule has 0 saturated heterocycles. The van der Waals surface area contributed by atoms with E-state index in [-0.39, 0.29) is 11.7 Å². The fraction of sp³-hybridized carbons (Fsp3) is 0.300. The highest BCUT2D eigenvalue weighted by atomic mass is 19.1. The molecule has 4 heteroatoms. The molecule has 14 heavy (non-hydrogen) atoms. The first-order chi connectivity index (χ1) is 6.56. The van der Waals surface area contributed by atoms with Gasteiger partial charge in [0.25, 0.3) is 0 Å². The summed E-state index contributed by atoms with van der Waals surface area (Å²) in [7, 11) is 0. The van der Waals surface area contributed by atoms with Crippen molar-refractivity contribution in [3.63, 3.8) is 0 Å². The van der Waals surface area contributed by atoms with Gasteiger partial charge in [-0.15, -0.1) is 0 Å². The van der Waals surface area contributed by atoms with E-state index in [2.05, 4.69) is 0 Å². The number of nitriles is 1. The Labute approximate surface area is 80.7 Å². The SMILES string of the molecule is CC(C)Oc1c(F)ccc(C#N)c1F. The van der Waals surface area contributed by atoms with Crippen molar-refractivity contribution in [2.24, 2.45) is 0 Å². The van der Waals surface area contributed by atoms with E-state index in [1.807, 2.05) is 0 Å². The Balaban J connectivity index is 3.20. The van der Waals surface area contributed by atoms with Gasteiger partial charge in [0.2, 0.25) is 0 Å². The molecule has 0 bridgehead atoms. The van der Waals surface area contributed by atoms with E-state index in [1.54, 1.807) is 19.9 Å². The highest BCUT2D eigenvalue weighted by Crippen LogP contribution is 2.25. The standard InChI is InChI=1S/C10H9F2NO/c1-6(2)14-10-8(11)4-3-7(5-13)9(10)12/h3-4,6H,1-2H3. The second-order valence-electron chi connectivity index (χ2n) is 3.02. The summed E-state index contributed by atoms with van der Waals surface area (Å²) in [5.74, 6) is -2.23. The third-order valence-corrected chi connectivity index (χ3v) is 1.52. The lowest BCUT2D eigenvalue weighted by Crippen LogP contribution is -2.09. The Bertz CT molecular complexity index is 382. The molecule has 0 amide bonds. The van der Waals surface area contributed by atoms with Crippen LogP contribution in [0.3, 0.4) is 0 Å². The minimum absolute atomic E-state index is 0.220. The van der Waals surface area contributed by atoms with Crippen LogP contribution in [-0.4, -0.2) is 6.10 Å². The Morgan fingerprint density at radius 3 is 2.50 bits per heavy atom. The second kappa shape index (κ2) is 4.05. The molecule has 0 aromatic heterocycles. The maximum absolute atomic E-state index is 13.3. The first-order valence-corrected chi connectivity index (χ1v) is 4.11. The highest BCUT2D eigenvalue weighted by molar-refractivity contribution is 5.39. The normalized spacial score (nSPS) is 10.0. The van der Waals surface area contributed by atoms with E-state index in [0.717, 1.165) is 12.1 Å². The molecule has 1 aromatic carbocycles. The average Bonchev–Trinajstić information content (AvgIpc) is 2.12. The summed E-state index contributed by atoms with van der Waals surface area (Å²) in [6.07, 6.45) is -0.340. The van der Waals surface area contributed by atoms with Gasteiger partial charge in [-0.05, 0) is 26.0 Å². The molecule has 0 unspecified atom stereocenters. The molecular formula is C10H9F2NO. The van der Waals surface area contributed by atoms with Crippen molar-refractivity contribution >= 4 is 0 Å². The maximum atomic E-state index is 13.3. The number of rotatable bonds is 2. The van der Waals surface area contributed by atoms with Crippen molar-refractivity contribution in [2.45, 2.75) is 20.0 Å². The lowest BCUT2D eigenvalue weighted by Gasteiger charge is -2.11. The van der Waals surface area contributed by atoms with Crippen molar-refractivity contribution in [3.8, 4) is 11.8 Å². The van der Waals surface area contributed by atoms with Gasteiger partial charge in [0, 0.05) is 0 Å². The van der Waals surface area contributed by atoms with Gasteiger partial charge in [-0.1, -0.05) is 0 Å². The minimum Gasteiger partial charge on any atom is -0.485 e. The van der Waals surface area contributed by atoms with Crippen molar-refractivity contribution < 1.29 is 13.5 Å². The van der Waals surface area contributed by atoms with Gasteiger partial charge < -0.3 is 4.74 Å². The monoisotopic (exact) mass is 197 g/mol. The molecule has 0 radical (unpaired) electrons. The lowest BCUT2D eigenvalue weighted by molar-refractivity contribution is 0.219. The van der Waals surface area contributed by atoms with E-state index in [4.69, 9.17) is 10.00 Å². The van der Waals surface area contributed by atoms with Gasteiger partial charge >= 0.3 is 0 Å². The molecule has 0 aliphatic heterocycles. The number of halogens is 2. The zero-order chi connectivity index (χ0) is 10.7. The number of benzene rings is 1. The van der Waals surface area contributed by atoms with Crippen LogP contribution < -0.4 is 4.74 Å². The Hall–Kier alpha value is -1.63. The van der Waals surface area contributed by atoms with Crippen LogP contribution in [0.4, 0.5) is 8.78 Å². The summed E-state index contributed by atoms with van der Waals surface area (Å²) < 4.78 is 31.3. The third-order valence-electron chi connectivity index (χ3n) is 1.52. The zero-order valence-electron chi connectivity index (χ0n) is 7.84. The van der Waals surface area contributed by atoms with Gasteiger partial charge in [-0.2, -0.15) is 5.26 Å². The lowest BCUT2D eigenvalue weighted by atomic mass is 10.2. The summed E-state index contributed by atoms with van der Waals surface area (Å²) in [5.41, 5.74) is -0.220. The smallest absolute Gasteiger partial charge is 0.192 e. The van der Waals surface area contributed by atoms with Crippen LogP contribution in [0.5, 0.6) is 5.75 Å². The average molecular weight is 197 g/mol. The molecule has 0 fully saturated rings. The minimum atomic E-state index is -0.943. The Kier molecular flexibility index (Phi) is 3.03. The fourth-order valence-corrected chi connectivity index (χ4v) is 0.963. The van der Waals surface area contributed by atoms with Crippen LogP contribution in [0.25, 0.3) is 0 Å². The zero-order valence-corrected chi connectivity index (χ0v) is 7.84. The van der Waals surface area contributed by atoms with Crippen LogP contribution in [0.15, 0.2) is 12.1 Å². The summed E-state index contributed by atoms with van der Waals surface area (Å²) >= 11 is 0. The molecule has 0 aliphatic rings. The fourth-order valence-electron chi connectivity index (χ4n) is 0.963.